The van der Waals surface area contributed by atoms with Gasteiger partial charge < -0.3 is 10.1 Å². The molecule has 5 atom stereocenters. The lowest BCUT2D eigenvalue weighted by Crippen LogP contribution is -2.70. The summed E-state index contributed by atoms with van der Waals surface area (Å²) in [5.41, 5.74) is -0.547. The molecule has 108 valence electrons. The lowest BCUT2D eigenvalue weighted by Gasteiger charge is -2.61. The Morgan fingerprint density at radius 3 is 2.90 bits per heavy atom. The summed E-state index contributed by atoms with van der Waals surface area (Å²) in [7, 11) is 1.65. The van der Waals surface area contributed by atoms with Crippen molar-refractivity contribution < 1.29 is 14.3 Å². The summed E-state index contributed by atoms with van der Waals surface area (Å²) in [4.78, 5) is 24.4. The molecule has 20 heavy (non-hydrogen) atoms. The molecule has 0 aromatic heterocycles. The van der Waals surface area contributed by atoms with Gasteiger partial charge in [0.25, 0.3) is 0 Å². The van der Waals surface area contributed by atoms with Gasteiger partial charge in [-0.05, 0) is 24.5 Å². The van der Waals surface area contributed by atoms with E-state index in [1.54, 1.807) is 19.4 Å². The molecule has 0 aromatic carbocycles. The van der Waals surface area contributed by atoms with Gasteiger partial charge in [-0.25, -0.2) is 0 Å². The number of hydrogen-bond donors (Lipinski definition) is 1. The van der Waals surface area contributed by atoms with Crippen molar-refractivity contribution in [1.29, 1.82) is 0 Å². The predicted molar refractivity (Wildman–Crippen MR) is 74.7 cm³/mol. The molecule has 4 nitrogen and oxygen atoms in total. The topological polar surface area (TPSA) is 55.4 Å². The Labute approximate surface area is 119 Å². The number of nitrogens with one attached hydrogen (secondary N) is 1. The number of allylic oxidation sites excluding steroid dienone is 1. The first-order valence-electron chi connectivity index (χ1n) is 7.41. The molecule has 3 rings (SSSR count). The second-order valence-corrected chi connectivity index (χ2v) is 5.99. The highest BCUT2D eigenvalue weighted by atomic mass is 16.5. The molecule has 1 heterocycles. The molecule has 0 aromatic rings. The van der Waals surface area contributed by atoms with Gasteiger partial charge in [-0.3, -0.25) is 9.59 Å². The number of hydrogen-bond acceptors (Lipinski definition) is 3. The highest BCUT2D eigenvalue weighted by molar-refractivity contribution is 5.95. The third-order valence-electron chi connectivity index (χ3n) is 5.18. The maximum Gasteiger partial charge on any atom is 0.230 e. The van der Waals surface area contributed by atoms with Crippen LogP contribution in [0.4, 0.5) is 0 Å². The Morgan fingerprint density at radius 1 is 1.40 bits per heavy atom. The Kier molecular flexibility index (Phi) is 3.28. The lowest BCUT2D eigenvalue weighted by molar-refractivity contribution is -0.195. The summed E-state index contributed by atoms with van der Waals surface area (Å²) in [5, 5.41) is 2.76. The van der Waals surface area contributed by atoms with Gasteiger partial charge in [0.15, 0.2) is 5.78 Å². The zero-order valence-corrected chi connectivity index (χ0v) is 12.0. The van der Waals surface area contributed by atoms with E-state index in [1.807, 2.05) is 12.2 Å². The molecule has 1 amide bonds. The van der Waals surface area contributed by atoms with Crippen molar-refractivity contribution in [2.45, 2.75) is 31.8 Å². The van der Waals surface area contributed by atoms with Gasteiger partial charge in [0.2, 0.25) is 5.91 Å². The van der Waals surface area contributed by atoms with Gasteiger partial charge in [-0.1, -0.05) is 25.8 Å². The molecule has 0 saturated heterocycles. The van der Waals surface area contributed by atoms with Crippen LogP contribution < -0.4 is 5.32 Å². The van der Waals surface area contributed by atoms with Crippen LogP contribution in [0.15, 0.2) is 24.4 Å². The molecular weight excluding hydrogens is 254 g/mol. The van der Waals surface area contributed by atoms with Crippen molar-refractivity contribution in [3.63, 3.8) is 0 Å². The van der Waals surface area contributed by atoms with Crippen LogP contribution in [0.5, 0.6) is 0 Å². The Hall–Kier alpha value is -1.42. The van der Waals surface area contributed by atoms with E-state index in [4.69, 9.17) is 4.74 Å². The first-order valence-corrected chi connectivity index (χ1v) is 7.41. The number of ether oxygens (including phenoxy) is 1. The quantitative estimate of drug-likeness (QED) is 0.851. The number of amides is 1. The molecule has 2 aliphatic carbocycles. The molecular formula is C16H21NO3. The molecule has 0 bridgehead atoms. The van der Waals surface area contributed by atoms with E-state index in [1.165, 1.54) is 0 Å². The van der Waals surface area contributed by atoms with E-state index in [9.17, 15) is 9.59 Å². The van der Waals surface area contributed by atoms with Crippen LogP contribution in [0, 0.1) is 23.7 Å². The summed E-state index contributed by atoms with van der Waals surface area (Å²) in [5.74, 6) is 0.115. The van der Waals surface area contributed by atoms with Crippen LogP contribution in [0.1, 0.15) is 26.2 Å². The minimum Gasteiger partial charge on any atom is -0.373 e. The van der Waals surface area contributed by atoms with Crippen LogP contribution in [0.3, 0.4) is 0 Å². The molecule has 0 radical (unpaired) electrons. The van der Waals surface area contributed by atoms with Crippen molar-refractivity contribution in [2.75, 3.05) is 7.11 Å². The van der Waals surface area contributed by atoms with E-state index in [0.717, 1.165) is 19.3 Å². The van der Waals surface area contributed by atoms with Crippen LogP contribution in [0.2, 0.25) is 0 Å². The van der Waals surface area contributed by atoms with Crippen LogP contribution in [-0.2, 0) is 14.3 Å². The number of ketones is 1. The van der Waals surface area contributed by atoms with Crippen molar-refractivity contribution in [3.05, 3.63) is 24.4 Å². The maximum atomic E-state index is 12.2. The fourth-order valence-electron chi connectivity index (χ4n) is 4.20. The molecule has 1 N–H and O–H groups in total. The van der Waals surface area contributed by atoms with E-state index in [-0.39, 0.29) is 35.4 Å². The van der Waals surface area contributed by atoms with Gasteiger partial charge in [0, 0.05) is 25.1 Å². The average molecular weight is 275 g/mol. The fourth-order valence-corrected chi connectivity index (χ4v) is 4.20. The first kappa shape index (κ1) is 13.6. The standard InChI is InChI=1S/C16H21NO3/c1-3-4-5-10-12(18)7-6-11-13(10)14-15(19)17-9-8-16(11,14)20-2/h6-11,13-14H,3-5H2,1-2H3,(H,17,19)/t10?,11-,13-,14-,16+/m1/s1. The number of rotatable bonds is 4. The number of unbranched alkanes of at least 4 members (excludes halogenated alkanes) is 1. The summed E-state index contributed by atoms with van der Waals surface area (Å²) < 4.78 is 5.70. The zero-order chi connectivity index (χ0) is 14.3. The lowest BCUT2D eigenvalue weighted by atomic mass is 9.46. The Bertz CT molecular complexity index is 496. The monoisotopic (exact) mass is 275 g/mol. The summed E-state index contributed by atoms with van der Waals surface area (Å²) >= 11 is 0. The molecule has 1 saturated carbocycles. The SMILES string of the molecule is CCCCC1C(=O)C=C[C@@H]2[C@@H]1[C@@H]1C(=O)NC=C[C@]21OC. The highest BCUT2D eigenvalue weighted by Gasteiger charge is 2.67. The van der Waals surface area contributed by atoms with Gasteiger partial charge in [-0.2, -0.15) is 0 Å². The largest absolute Gasteiger partial charge is 0.373 e. The number of carbonyl (C=O) groups is 2. The maximum absolute atomic E-state index is 12.2. The molecule has 4 heteroatoms. The van der Waals surface area contributed by atoms with Gasteiger partial charge in [0.1, 0.15) is 5.60 Å². The number of fused-ring (bicyclic) bond motifs is 4. The van der Waals surface area contributed by atoms with Crippen LogP contribution in [0.25, 0.3) is 0 Å². The van der Waals surface area contributed by atoms with Crippen molar-refractivity contribution in [2.24, 2.45) is 23.7 Å². The first-order chi connectivity index (χ1) is 9.65. The minimum absolute atomic E-state index is 0.0137. The smallest absolute Gasteiger partial charge is 0.230 e. The van der Waals surface area contributed by atoms with Gasteiger partial charge in [-0.15, -0.1) is 0 Å². The summed E-state index contributed by atoms with van der Waals surface area (Å²) in [6.07, 6.45) is 10.2. The normalized spacial score (nSPS) is 41.7. The minimum atomic E-state index is -0.547. The van der Waals surface area contributed by atoms with E-state index < -0.39 is 5.60 Å². The molecule has 1 unspecified atom stereocenters. The molecule has 3 aliphatic rings. The summed E-state index contributed by atoms with van der Waals surface area (Å²) in [6.45, 7) is 2.12. The van der Waals surface area contributed by atoms with E-state index in [2.05, 4.69) is 12.2 Å². The van der Waals surface area contributed by atoms with Crippen molar-refractivity contribution in [1.82, 2.24) is 5.32 Å². The third kappa shape index (κ3) is 1.64. The molecule has 1 fully saturated rings. The van der Waals surface area contributed by atoms with Crippen molar-refractivity contribution in [3.8, 4) is 0 Å². The van der Waals surface area contributed by atoms with Gasteiger partial charge >= 0.3 is 0 Å². The number of carbonyl (C=O) groups excluding carboxylic acids is 2. The Morgan fingerprint density at radius 2 is 2.20 bits per heavy atom. The van der Waals surface area contributed by atoms with Gasteiger partial charge in [0.05, 0.1) is 5.92 Å². The zero-order valence-electron chi connectivity index (χ0n) is 12.0. The Balaban J connectivity index is 1.94. The average Bonchev–Trinajstić information content (AvgIpc) is 2.43. The van der Waals surface area contributed by atoms with E-state index in [0.29, 0.717) is 0 Å². The number of methoxy groups -OCH3 is 1. The second kappa shape index (κ2) is 4.85. The fraction of sp³-hybridized carbons (Fsp3) is 0.625. The second-order valence-electron chi connectivity index (χ2n) is 5.99. The predicted octanol–water partition coefficient (Wildman–Crippen LogP) is 1.82. The van der Waals surface area contributed by atoms with E-state index >= 15 is 0 Å². The highest BCUT2D eigenvalue weighted by Crippen LogP contribution is 2.59. The van der Waals surface area contributed by atoms with Crippen LogP contribution in [-0.4, -0.2) is 24.4 Å². The molecule has 0 spiro atoms. The summed E-state index contributed by atoms with van der Waals surface area (Å²) in [6, 6.07) is 0. The van der Waals surface area contributed by atoms with Crippen LogP contribution >= 0.6 is 0 Å². The molecule has 1 aliphatic heterocycles. The van der Waals surface area contributed by atoms with Crippen molar-refractivity contribution >= 4 is 11.7 Å². The third-order valence-corrected chi connectivity index (χ3v) is 5.18.